The highest BCUT2D eigenvalue weighted by molar-refractivity contribution is 7.99. The van der Waals surface area contributed by atoms with E-state index in [0.717, 1.165) is 36.4 Å². The standard InChI is InChI=1S/C21H26N8O2S2/c1-14-5-3-6-15(11-14)22-20(32)25-23-18(30)13-33-21-26-24-19(17-8-9-28(2)27-17)29(21)12-16-7-4-10-31-16/h3,5-6,8-9,11,16H,4,7,10,12-13H2,1-2H3,(H,23,30)(H2,22,25,32). The molecule has 0 bridgehead atoms. The van der Waals surface area contributed by atoms with Crippen LogP contribution < -0.4 is 16.2 Å². The van der Waals surface area contributed by atoms with Gasteiger partial charge in [-0.1, -0.05) is 23.9 Å². The summed E-state index contributed by atoms with van der Waals surface area (Å²) in [6.45, 7) is 3.38. The van der Waals surface area contributed by atoms with E-state index in [2.05, 4.69) is 31.5 Å². The molecule has 1 unspecified atom stereocenters. The Kier molecular flexibility index (Phi) is 7.57. The molecule has 3 aromatic rings. The lowest BCUT2D eigenvalue weighted by atomic mass is 10.2. The number of nitrogens with zero attached hydrogens (tertiary/aromatic N) is 5. The molecule has 1 aliphatic rings. The first-order valence-corrected chi connectivity index (χ1v) is 12.0. The van der Waals surface area contributed by atoms with Gasteiger partial charge in [0.2, 0.25) is 5.91 Å². The van der Waals surface area contributed by atoms with Crippen LogP contribution in [0.5, 0.6) is 0 Å². The molecule has 1 amide bonds. The highest BCUT2D eigenvalue weighted by Crippen LogP contribution is 2.25. The van der Waals surface area contributed by atoms with Gasteiger partial charge in [-0.05, 0) is 55.7 Å². The summed E-state index contributed by atoms with van der Waals surface area (Å²) in [6, 6.07) is 9.69. The first-order valence-electron chi connectivity index (χ1n) is 10.6. The molecule has 12 heteroatoms. The van der Waals surface area contributed by atoms with Crippen molar-refractivity contribution in [3.8, 4) is 11.5 Å². The van der Waals surface area contributed by atoms with Crippen LogP contribution in [-0.2, 0) is 23.1 Å². The van der Waals surface area contributed by atoms with Crippen molar-refractivity contribution in [3.05, 3.63) is 42.1 Å². The predicted octanol–water partition coefficient (Wildman–Crippen LogP) is 2.28. The first-order chi connectivity index (χ1) is 16.0. The minimum absolute atomic E-state index is 0.100. The zero-order valence-electron chi connectivity index (χ0n) is 18.4. The Labute approximate surface area is 201 Å². The number of hydrazine groups is 1. The van der Waals surface area contributed by atoms with Crippen molar-refractivity contribution in [2.75, 3.05) is 17.7 Å². The minimum Gasteiger partial charge on any atom is -0.376 e. The maximum absolute atomic E-state index is 12.4. The summed E-state index contributed by atoms with van der Waals surface area (Å²) < 4.78 is 9.50. The third kappa shape index (κ3) is 6.30. The second-order valence-corrected chi connectivity index (χ2v) is 9.06. The van der Waals surface area contributed by atoms with Crippen LogP contribution >= 0.6 is 24.0 Å². The molecule has 0 radical (unpaired) electrons. The van der Waals surface area contributed by atoms with E-state index in [1.165, 1.54) is 11.8 Å². The highest BCUT2D eigenvalue weighted by atomic mass is 32.2. The average molecular weight is 487 g/mol. The number of nitrogens with one attached hydrogen (secondary N) is 3. The third-order valence-electron chi connectivity index (χ3n) is 4.99. The second kappa shape index (κ2) is 10.8. The number of hydrogen-bond acceptors (Lipinski definition) is 7. The molecular weight excluding hydrogens is 460 g/mol. The number of thioether (sulfide) groups is 1. The van der Waals surface area contributed by atoms with Crippen molar-refractivity contribution in [2.24, 2.45) is 7.05 Å². The molecule has 1 aliphatic heterocycles. The van der Waals surface area contributed by atoms with Crippen LogP contribution in [0, 0.1) is 6.92 Å². The topological polar surface area (TPSA) is 111 Å². The number of rotatable bonds is 7. The molecule has 0 aliphatic carbocycles. The monoisotopic (exact) mass is 486 g/mol. The quantitative estimate of drug-likeness (QED) is 0.263. The van der Waals surface area contributed by atoms with Crippen LogP contribution in [0.2, 0.25) is 0 Å². The van der Waals surface area contributed by atoms with Crippen LogP contribution in [0.3, 0.4) is 0 Å². The number of benzene rings is 1. The van der Waals surface area contributed by atoms with Crippen molar-refractivity contribution < 1.29 is 9.53 Å². The number of aryl methyl sites for hydroxylation is 2. The Morgan fingerprint density at radius 1 is 1.30 bits per heavy atom. The third-order valence-corrected chi connectivity index (χ3v) is 6.16. The number of thiocarbonyl (C=S) groups is 1. The summed E-state index contributed by atoms with van der Waals surface area (Å²) in [5.74, 6) is 0.571. The van der Waals surface area contributed by atoms with Crippen molar-refractivity contribution in [3.63, 3.8) is 0 Å². The largest absolute Gasteiger partial charge is 0.376 e. The molecular formula is C21H26N8O2S2. The minimum atomic E-state index is -0.237. The highest BCUT2D eigenvalue weighted by Gasteiger charge is 2.23. The van der Waals surface area contributed by atoms with E-state index in [0.29, 0.717) is 22.6 Å². The molecule has 33 heavy (non-hydrogen) atoms. The fourth-order valence-electron chi connectivity index (χ4n) is 3.45. The summed E-state index contributed by atoms with van der Waals surface area (Å²) in [4.78, 5) is 12.4. The van der Waals surface area contributed by atoms with Crippen molar-refractivity contribution in [1.29, 1.82) is 0 Å². The Bertz CT molecular complexity index is 1120. The molecule has 174 valence electrons. The number of hydrogen-bond donors (Lipinski definition) is 3. The van der Waals surface area contributed by atoms with E-state index in [1.807, 2.05) is 55.1 Å². The van der Waals surface area contributed by atoms with Crippen LogP contribution in [0.4, 0.5) is 5.69 Å². The maximum Gasteiger partial charge on any atom is 0.248 e. The lowest BCUT2D eigenvalue weighted by Crippen LogP contribution is -2.44. The fourth-order valence-corrected chi connectivity index (χ4v) is 4.37. The Morgan fingerprint density at radius 3 is 2.91 bits per heavy atom. The Morgan fingerprint density at radius 2 is 2.18 bits per heavy atom. The van der Waals surface area contributed by atoms with E-state index < -0.39 is 0 Å². The molecule has 10 nitrogen and oxygen atoms in total. The first kappa shape index (κ1) is 23.2. The van der Waals surface area contributed by atoms with Gasteiger partial charge in [-0.2, -0.15) is 5.10 Å². The SMILES string of the molecule is Cc1cccc(NC(=S)NNC(=O)CSc2nnc(-c3ccn(C)n3)n2CC2CCCO2)c1. The number of ether oxygens (including phenoxy) is 1. The van der Waals surface area contributed by atoms with Crippen LogP contribution in [0.25, 0.3) is 11.5 Å². The van der Waals surface area contributed by atoms with Crippen molar-refractivity contribution in [2.45, 2.75) is 37.6 Å². The van der Waals surface area contributed by atoms with E-state index in [1.54, 1.807) is 4.68 Å². The summed E-state index contributed by atoms with van der Waals surface area (Å²) in [5, 5.41) is 17.1. The molecule has 1 fully saturated rings. The van der Waals surface area contributed by atoms with Gasteiger partial charge in [0, 0.05) is 25.5 Å². The zero-order valence-corrected chi connectivity index (χ0v) is 20.1. The number of amides is 1. The average Bonchev–Trinajstić information content (AvgIpc) is 3.53. The lowest BCUT2D eigenvalue weighted by Gasteiger charge is -2.14. The van der Waals surface area contributed by atoms with Crippen LogP contribution in [0.1, 0.15) is 18.4 Å². The summed E-state index contributed by atoms with van der Waals surface area (Å²) in [6.07, 6.45) is 3.99. The molecule has 3 heterocycles. The molecule has 4 rings (SSSR count). The van der Waals surface area contributed by atoms with Gasteiger partial charge in [-0.25, -0.2) is 0 Å². The van der Waals surface area contributed by atoms with E-state index >= 15 is 0 Å². The smallest absolute Gasteiger partial charge is 0.248 e. The number of anilines is 1. The van der Waals surface area contributed by atoms with Crippen molar-refractivity contribution >= 4 is 40.7 Å². The van der Waals surface area contributed by atoms with Gasteiger partial charge in [-0.3, -0.25) is 24.9 Å². The number of carbonyl (C=O) groups excluding carboxylic acids is 1. The molecule has 0 spiro atoms. The van der Waals surface area contributed by atoms with Crippen LogP contribution in [0.15, 0.2) is 41.7 Å². The fraction of sp³-hybridized carbons (Fsp3) is 0.381. The van der Waals surface area contributed by atoms with Gasteiger partial charge in [0.1, 0.15) is 5.69 Å². The van der Waals surface area contributed by atoms with E-state index in [9.17, 15) is 4.79 Å². The summed E-state index contributed by atoms with van der Waals surface area (Å²) in [7, 11) is 1.86. The molecule has 1 saturated heterocycles. The molecule has 1 aromatic carbocycles. The van der Waals surface area contributed by atoms with Crippen molar-refractivity contribution in [1.82, 2.24) is 35.4 Å². The number of aromatic nitrogens is 5. The lowest BCUT2D eigenvalue weighted by molar-refractivity contribution is -0.119. The molecule has 2 aromatic heterocycles. The summed E-state index contributed by atoms with van der Waals surface area (Å²) >= 11 is 6.54. The van der Waals surface area contributed by atoms with Crippen LogP contribution in [-0.4, -0.2) is 54.0 Å². The van der Waals surface area contributed by atoms with Gasteiger partial charge >= 0.3 is 0 Å². The Hall–Kier alpha value is -2.96. The molecule has 1 atom stereocenters. The van der Waals surface area contributed by atoms with E-state index in [4.69, 9.17) is 17.0 Å². The number of carbonyl (C=O) groups is 1. The van der Waals surface area contributed by atoms with Gasteiger partial charge in [0.25, 0.3) is 0 Å². The Balaban J connectivity index is 1.34. The van der Waals surface area contributed by atoms with Gasteiger partial charge in [0.05, 0.1) is 18.4 Å². The van der Waals surface area contributed by atoms with E-state index in [-0.39, 0.29) is 17.8 Å². The van der Waals surface area contributed by atoms with Gasteiger partial charge < -0.3 is 10.1 Å². The van der Waals surface area contributed by atoms with Gasteiger partial charge in [-0.15, -0.1) is 10.2 Å². The predicted molar refractivity (Wildman–Crippen MR) is 131 cm³/mol. The molecule has 3 N–H and O–H groups in total. The zero-order chi connectivity index (χ0) is 23.2. The molecule has 0 saturated carbocycles. The second-order valence-electron chi connectivity index (χ2n) is 7.71. The maximum atomic E-state index is 12.4. The summed E-state index contributed by atoms with van der Waals surface area (Å²) in [5.41, 5.74) is 8.03. The normalized spacial score (nSPS) is 15.4. The van der Waals surface area contributed by atoms with Gasteiger partial charge in [0.15, 0.2) is 16.1 Å².